The van der Waals surface area contributed by atoms with Crippen LogP contribution in [0.1, 0.15) is 10.4 Å². The molecule has 2 rings (SSSR count). The van der Waals surface area contributed by atoms with Crippen molar-refractivity contribution in [1.82, 2.24) is 10.6 Å². The number of carbonyl (C=O) groups is 2. The van der Waals surface area contributed by atoms with Crippen LogP contribution in [0.25, 0.3) is 0 Å². The summed E-state index contributed by atoms with van der Waals surface area (Å²) in [5.41, 5.74) is 1.08. The number of benzene rings is 2. The highest BCUT2D eigenvalue weighted by molar-refractivity contribution is 5.94. The Morgan fingerprint density at radius 2 is 1.48 bits per heavy atom. The predicted octanol–water partition coefficient (Wildman–Crippen LogP) is 2.26. The number of rotatable bonds is 8. The Hall–Kier alpha value is -3.42. The standard InChI is InChI=1S/C19H23N3O5/c1-25-15-7-4-13(5-8-15)18(23)20-10-11-21-19(24)22-14-6-9-16(26-2)17(12-14)27-3/h4-9,12H,10-11H2,1-3H3,(H,20,23)(H2,21,22,24). The van der Waals surface area contributed by atoms with Gasteiger partial charge in [0, 0.05) is 30.4 Å². The monoisotopic (exact) mass is 373 g/mol. The summed E-state index contributed by atoms with van der Waals surface area (Å²) in [5.74, 6) is 1.55. The fourth-order valence-electron chi connectivity index (χ4n) is 2.29. The third-order valence-corrected chi connectivity index (χ3v) is 3.69. The van der Waals surface area contributed by atoms with Crippen LogP contribution in [0.5, 0.6) is 17.2 Å². The van der Waals surface area contributed by atoms with Crippen molar-refractivity contribution < 1.29 is 23.8 Å². The zero-order chi connectivity index (χ0) is 19.6. The lowest BCUT2D eigenvalue weighted by molar-refractivity contribution is 0.0954. The van der Waals surface area contributed by atoms with Gasteiger partial charge in [-0.05, 0) is 36.4 Å². The molecule has 0 fully saturated rings. The molecule has 0 radical (unpaired) electrons. The highest BCUT2D eigenvalue weighted by atomic mass is 16.5. The molecule has 0 heterocycles. The molecule has 27 heavy (non-hydrogen) atoms. The van der Waals surface area contributed by atoms with Crippen molar-refractivity contribution in [3.8, 4) is 17.2 Å². The first-order chi connectivity index (χ1) is 13.1. The van der Waals surface area contributed by atoms with E-state index in [-0.39, 0.29) is 18.5 Å². The first-order valence-electron chi connectivity index (χ1n) is 8.26. The summed E-state index contributed by atoms with van der Waals surface area (Å²) in [5, 5.41) is 8.08. The summed E-state index contributed by atoms with van der Waals surface area (Å²) >= 11 is 0. The van der Waals surface area contributed by atoms with Crippen molar-refractivity contribution in [3.63, 3.8) is 0 Å². The lowest BCUT2D eigenvalue weighted by atomic mass is 10.2. The number of amides is 3. The van der Waals surface area contributed by atoms with Crippen molar-refractivity contribution in [2.24, 2.45) is 0 Å². The summed E-state index contributed by atoms with van der Waals surface area (Å²) in [6.45, 7) is 0.575. The average Bonchev–Trinajstić information content (AvgIpc) is 2.71. The van der Waals surface area contributed by atoms with E-state index in [0.717, 1.165) is 0 Å². The number of hydrogen-bond acceptors (Lipinski definition) is 5. The Morgan fingerprint density at radius 1 is 0.815 bits per heavy atom. The molecule has 0 atom stereocenters. The topological polar surface area (TPSA) is 97.9 Å². The van der Waals surface area contributed by atoms with Gasteiger partial charge in [0.1, 0.15) is 5.75 Å². The van der Waals surface area contributed by atoms with Crippen LogP contribution in [0, 0.1) is 0 Å². The second kappa shape index (κ2) is 9.91. The molecule has 144 valence electrons. The minimum absolute atomic E-state index is 0.222. The van der Waals surface area contributed by atoms with Crippen molar-refractivity contribution in [1.29, 1.82) is 0 Å². The number of ether oxygens (including phenoxy) is 3. The maximum absolute atomic E-state index is 12.0. The number of carbonyl (C=O) groups excluding carboxylic acids is 2. The van der Waals surface area contributed by atoms with Crippen LogP contribution in [0.15, 0.2) is 42.5 Å². The normalized spacial score (nSPS) is 9.89. The summed E-state index contributed by atoms with van der Waals surface area (Å²) in [7, 11) is 4.62. The van der Waals surface area contributed by atoms with Gasteiger partial charge < -0.3 is 30.2 Å². The molecule has 0 aliphatic heterocycles. The maximum Gasteiger partial charge on any atom is 0.319 e. The van der Waals surface area contributed by atoms with Crippen molar-refractivity contribution in [2.45, 2.75) is 0 Å². The van der Waals surface area contributed by atoms with Crippen molar-refractivity contribution in [2.75, 3.05) is 39.7 Å². The van der Waals surface area contributed by atoms with Crippen LogP contribution >= 0.6 is 0 Å². The molecular weight excluding hydrogens is 350 g/mol. The highest BCUT2D eigenvalue weighted by Crippen LogP contribution is 2.29. The molecule has 2 aromatic carbocycles. The predicted molar refractivity (Wildman–Crippen MR) is 102 cm³/mol. The second-order valence-corrected chi connectivity index (χ2v) is 5.44. The molecular formula is C19H23N3O5. The Labute approximate surface area is 157 Å². The van der Waals surface area contributed by atoms with E-state index < -0.39 is 0 Å². The van der Waals surface area contributed by atoms with E-state index in [1.54, 1.807) is 49.6 Å². The van der Waals surface area contributed by atoms with Gasteiger partial charge in [0.2, 0.25) is 0 Å². The summed E-state index contributed by atoms with van der Waals surface area (Å²) < 4.78 is 15.4. The minimum Gasteiger partial charge on any atom is -0.497 e. The van der Waals surface area contributed by atoms with Crippen LogP contribution in [0.3, 0.4) is 0 Å². The van der Waals surface area contributed by atoms with Gasteiger partial charge in [-0.1, -0.05) is 0 Å². The molecule has 0 bridgehead atoms. The lowest BCUT2D eigenvalue weighted by Gasteiger charge is -2.11. The molecule has 2 aromatic rings. The van der Waals surface area contributed by atoms with E-state index in [1.807, 2.05) is 0 Å². The fourth-order valence-corrected chi connectivity index (χ4v) is 2.29. The van der Waals surface area contributed by atoms with E-state index in [4.69, 9.17) is 14.2 Å². The van der Waals surface area contributed by atoms with Gasteiger partial charge in [0.25, 0.3) is 5.91 Å². The SMILES string of the molecule is COc1ccc(C(=O)NCCNC(=O)Nc2ccc(OC)c(OC)c2)cc1. The van der Waals surface area contributed by atoms with E-state index in [0.29, 0.717) is 35.0 Å². The fraction of sp³-hybridized carbons (Fsp3) is 0.263. The van der Waals surface area contributed by atoms with Gasteiger partial charge in [-0.25, -0.2) is 4.79 Å². The highest BCUT2D eigenvalue weighted by Gasteiger charge is 2.08. The molecule has 0 aliphatic carbocycles. The van der Waals surface area contributed by atoms with Crippen molar-refractivity contribution in [3.05, 3.63) is 48.0 Å². The summed E-state index contributed by atoms with van der Waals surface area (Å²) in [4.78, 5) is 23.9. The molecule has 0 saturated carbocycles. The zero-order valence-electron chi connectivity index (χ0n) is 15.5. The number of nitrogens with one attached hydrogen (secondary N) is 3. The maximum atomic E-state index is 12.0. The van der Waals surface area contributed by atoms with Gasteiger partial charge in [-0.2, -0.15) is 0 Å². The Morgan fingerprint density at radius 3 is 2.11 bits per heavy atom. The molecule has 8 heteroatoms. The molecule has 0 aliphatic rings. The lowest BCUT2D eigenvalue weighted by Crippen LogP contribution is -2.36. The van der Waals surface area contributed by atoms with E-state index in [9.17, 15) is 9.59 Å². The quantitative estimate of drug-likeness (QED) is 0.617. The zero-order valence-corrected chi connectivity index (χ0v) is 15.5. The smallest absolute Gasteiger partial charge is 0.319 e. The first kappa shape index (κ1) is 19.9. The van der Waals surface area contributed by atoms with Crippen LogP contribution in [-0.2, 0) is 0 Å². The summed E-state index contributed by atoms with van der Waals surface area (Å²) in [6.07, 6.45) is 0. The molecule has 0 saturated heterocycles. The third kappa shape index (κ3) is 5.81. The number of anilines is 1. The molecule has 8 nitrogen and oxygen atoms in total. The van der Waals surface area contributed by atoms with E-state index >= 15 is 0 Å². The van der Waals surface area contributed by atoms with E-state index in [1.165, 1.54) is 14.2 Å². The van der Waals surface area contributed by atoms with Crippen molar-refractivity contribution >= 4 is 17.6 Å². The third-order valence-electron chi connectivity index (χ3n) is 3.69. The van der Waals surface area contributed by atoms with Crippen LogP contribution in [-0.4, -0.2) is 46.4 Å². The minimum atomic E-state index is -0.388. The number of methoxy groups -OCH3 is 3. The Kier molecular flexibility index (Phi) is 7.30. The van der Waals surface area contributed by atoms with Crippen LogP contribution in [0.2, 0.25) is 0 Å². The number of urea groups is 1. The van der Waals surface area contributed by atoms with Gasteiger partial charge in [-0.3, -0.25) is 4.79 Å². The van der Waals surface area contributed by atoms with Gasteiger partial charge >= 0.3 is 6.03 Å². The molecule has 0 aromatic heterocycles. The molecule has 0 spiro atoms. The molecule has 0 unspecified atom stereocenters. The largest absolute Gasteiger partial charge is 0.497 e. The summed E-state index contributed by atoms with van der Waals surface area (Å²) in [6, 6.07) is 11.4. The van der Waals surface area contributed by atoms with Crippen LogP contribution in [0.4, 0.5) is 10.5 Å². The first-order valence-corrected chi connectivity index (χ1v) is 8.26. The second-order valence-electron chi connectivity index (χ2n) is 5.44. The van der Waals surface area contributed by atoms with Gasteiger partial charge in [-0.15, -0.1) is 0 Å². The van der Waals surface area contributed by atoms with E-state index in [2.05, 4.69) is 16.0 Å². The average molecular weight is 373 g/mol. The molecule has 3 N–H and O–H groups in total. The Bertz CT molecular complexity index is 777. The number of hydrogen-bond donors (Lipinski definition) is 3. The molecule has 3 amide bonds. The van der Waals surface area contributed by atoms with Gasteiger partial charge in [0.05, 0.1) is 21.3 Å². The van der Waals surface area contributed by atoms with Crippen LogP contribution < -0.4 is 30.2 Å². The Balaban J connectivity index is 1.75. The van der Waals surface area contributed by atoms with Gasteiger partial charge in [0.15, 0.2) is 11.5 Å².